The number of H-pyrrole nitrogens is 1. The van der Waals surface area contributed by atoms with Crippen molar-refractivity contribution in [2.24, 2.45) is 0 Å². The van der Waals surface area contributed by atoms with Crippen LogP contribution in [0.3, 0.4) is 0 Å². The fraction of sp³-hybridized carbons (Fsp3) is 0.455. The molecule has 0 amide bonds. The minimum absolute atomic E-state index is 0.233. The number of aromatic nitrogens is 2. The Bertz CT molecular complexity index is 1020. The lowest BCUT2D eigenvalue weighted by Crippen LogP contribution is -2.24. The molecule has 0 aliphatic carbocycles. The number of aliphatic hydroxyl groups excluding tert-OH is 2. The van der Waals surface area contributed by atoms with Gasteiger partial charge in [0.1, 0.15) is 18.0 Å². The topological polar surface area (TPSA) is 109 Å². The maximum atomic E-state index is 12.0. The lowest BCUT2D eigenvalue weighted by atomic mass is 10.0. The Balaban J connectivity index is 1.63. The maximum absolute atomic E-state index is 12.0. The largest absolute Gasteiger partial charge is 0.437 e. The van der Waals surface area contributed by atoms with Crippen molar-refractivity contribution >= 4 is 11.1 Å². The number of hydrogen-bond donors (Lipinski definition) is 3. The van der Waals surface area contributed by atoms with Crippen LogP contribution in [0.15, 0.2) is 39.5 Å². The van der Waals surface area contributed by atoms with Crippen molar-refractivity contribution in [1.82, 2.24) is 9.97 Å². The Morgan fingerprint density at radius 2 is 2.03 bits per heavy atom. The number of aromatic amines is 1. The third kappa shape index (κ3) is 4.12. The van der Waals surface area contributed by atoms with Crippen LogP contribution in [0.1, 0.15) is 50.0 Å². The van der Waals surface area contributed by atoms with E-state index in [-0.39, 0.29) is 18.7 Å². The number of nitrogens with zero attached hydrogens (tertiary/aromatic N) is 1. The SMILES string of the molecule is CCCCCc1ccc(-c2cc3c(C4CC(O)C(CO)O4)[nH]c(=O)nc3o2)cc1. The summed E-state index contributed by atoms with van der Waals surface area (Å²) < 4.78 is 11.6. The van der Waals surface area contributed by atoms with Gasteiger partial charge in [-0.15, -0.1) is 0 Å². The first-order valence-corrected chi connectivity index (χ1v) is 10.2. The van der Waals surface area contributed by atoms with E-state index >= 15 is 0 Å². The molecule has 29 heavy (non-hydrogen) atoms. The summed E-state index contributed by atoms with van der Waals surface area (Å²) in [7, 11) is 0. The second-order valence-corrected chi connectivity index (χ2v) is 7.59. The van der Waals surface area contributed by atoms with Gasteiger partial charge in [-0.3, -0.25) is 0 Å². The van der Waals surface area contributed by atoms with Crippen molar-refractivity contribution in [3.8, 4) is 11.3 Å². The summed E-state index contributed by atoms with van der Waals surface area (Å²) in [5.41, 5.74) is 2.40. The summed E-state index contributed by atoms with van der Waals surface area (Å²) in [6, 6.07) is 10.1. The van der Waals surface area contributed by atoms with Crippen molar-refractivity contribution < 1.29 is 19.4 Å². The zero-order chi connectivity index (χ0) is 20.4. The third-order valence-electron chi connectivity index (χ3n) is 5.48. The molecule has 3 N–H and O–H groups in total. The van der Waals surface area contributed by atoms with Gasteiger partial charge in [0.15, 0.2) is 0 Å². The van der Waals surface area contributed by atoms with E-state index in [4.69, 9.17) is 9.15 Å². The highest BCUT2D eigenvalue weighted by Crippen LogP contribution is 2.36. The lowest BCUT2D eigenvalue weighted by molar-refractivity contribution is -0.0232. The van der Waals surface area contributed by atoms with Crippen molar-refractivity contribution in [3.05, 3.63) is 52.1 Å². The number of unbranched alkanes of at least 4 members (excludes halogenated alkanes) is 2. The van der Waals surface area contributed by atoms with Crippen LogP contribution >= 0.6 is 0 Å². The molecule has 1 aliphatic heterocycles. The van der Waals surface area contributed by atoms with Gasteiger partial charge >= 0.3 is 5.69 Å². The molecule has 1 fully saturated rings. The van der Waals surface area contributed by atoms with Crippen LogP contribution in [-0.4, -0.2) is 39.0 Å². The van der Waals surface area contributed by atoms with Crippen LogP contribution < -0.4 is 5.69 Å². The third-order valence-corrected chi connectivity index (χ3v) is 5.48. The Morgan fingerprint density at radius 3 is 2.72 bits per heavy atom. The van der Waals surface area contributed by atoms with E-state index in [0.717, 1.165) is 12.0 Å². The molecule has 1 aliphatic rings. The second-order valence-electron chi connectivity index (χ2n) is 7.59. The number of aliphatic hydroxyl groups is 2. The highest BCUT2D eigenvalue weighted by molar-refractivity contribution is 5.82. The zero-order valence-corrected chi connectivity index (χ0v) is 16.4. The van der Waals surface area contributed by atoms with Crippen LogP contribution in [0.2, 0.25) is 0 Å². The van der Waals surface area contributed by atoms with E-state index in [9.17, 15) is 15.0 Å². The van der Waals surface area contributed by atoms with Crippen LogP contribution in [-0.2, 0) is 11.2 Å². The van der Waals surface area contributed by atoms with E-state index in [2.05, 4.69) is 29.0 Å². The fourth-order valence-electron chi connectivity index (χ4n) is 3.85. The first kappa shape index (κ1) is 19.8. The average molecular weight is 398 g/mol. The number of benzene rings is 1. The van der Waals surface area contributed by atoms with E-state index in [0.29, 0.717) is 16.8 Å². The predicted molar refractivity (Wildman–Crippen MR) is 109 cm³/mol. The Morgan fingerprint density at radius 1 is 1.24 bits per heavy atom. The van der Waals surface area contributed by atoms with E-state index in [1.165, 1.54) is 24.8 Å². The molecule has 1 aromatic carbocycles. The number of hydrogen-bond acceptors (Lipinski definition) is 6. The lowest BCUT2D eigenvalue weighted by Gasteiger charge is -2.12. The van der Waals surface area contributed by atoms with Crippen molar-refractivity contribution in [2.45, 2.75) is 57.3 Å². The molecular formula is C22H26N2O5. The van der Waals surface area contributed by atoms with E-state index in [1.807, 2.05) is 18.2 Å². The minimum atomic E-state index is -0.789. The summed E-state index contributed by atoms with van der Waals surface area (Å²) in [6.07, 6.45) is 2.95. The summed E-state index contributed by atoms with van der Waals surface area (Å²) in [6.45, 7) is 1.91. The van der Waals surface area contributed by atoms with Gasteiger partial charge in [-0.25, -0.2) is 4.79 Å². The Labute approximate surface area is 168 Å². The summed E-state index contributed by atoms with van der Waals surface area (Å²) in [4.78, 5) is 18.7. The molecule has 0 spiro atoms. The second kappa shape index (κ2) is 8.49. The molecule has 2 aromatic heterocycles. The maximum Gasteiger partial charge on any atom is 0.348 e. The minimum Gasteiger partial charge on any atom is -0.437 e. The summed E-state index contributed by atoms with van der Waals surface area (Å²) in [5.74, 6) is 0.616. The van der Waals surface area contributed by atoms with E-state index < -0.39 is 24.0 Å². The predicted octanol–water partition coefficient (Wildman–Crippen LogP) is 3.10. The van der Waals surface area contributed by atoms with Crippen molar-refractivity contribution in [1.29, 1.82) is 0 Å². The van der Waals surface area contributed by atoms with Crippen LogP contribution in [0, 0.1) is 0 Å². The number of aryl methyl sites for hydroxylation is 1. The quantitative estimate of drug-likeness (QED) is 0.528. The van der Waals surface area contributed by atoms with Gasteiger partial charge in [0, 0.05) is 12.0 Å². The average Bonchev–Trinajstić information content (AvgIpc) is 3.31. The monoisotopic (exact) mass is 398 g/mol. The molecule has 3 heterocycles. The van der Waals surface area contributed by atoms with Gasteiger partial charge in [-0.1, -0.05) is 44.0 Å². The fourth-order valence-corrected chi connectivity index (χ4v) is 3.85. The van der Waals surface area contributed by atoms with Crippen molar-refractivity contribution in [3.63, 3.8) is 0 Å². The first-order chi connectivity index (χ1) is 14.1. The van der Waals surface area contributed by atoms with Crippen molar-refractivity contribution in [2.75, 3.05) is 6.61 Å². The van der Waals surface area contributed by atoms with Crippen LogP contribution in [0.5, 0.6) is 0 Å². The molecule has 7 nitrogen and oxygen atoms in total. The molecule has 3 atom stereocenters. The first-order valence-electron chi connectivity index (χ1n) is 10.2. The molecule has 3 unspecified atom stereocenters. The van der Waals surface area contributed by atoms with Gasteiger partial charge < -0.3 is 24.4 Å². The number of fused-ring (bicyclic) bond motifs is 1. The number of furan rings is 1. The zero-order valence-electron chi connectivity index (χ0n) is 16.4. The number of nitrogens with one attached hydrogen (secondary N) is 1. The van der Waals surface area contributed by atoms with Crippen LogP contribution in [0.4, 0.5) is 0 Å². The normalized spacial score (nSPS) is 21.8. The molecule has 0 saturated carbocycles. The van der Waals surface area contributed by atoms with Gasteiger partial charge in [-0.2, -0.15) is 4.98 Å². The molecule has 0 bridgehead atoms. The highest BCUT2D eigenvalue weighted by Gasteiger charge is 2.36. The number of rotatable bonds is 7. The van der Waals surface area contributed by atoms with Gasteiger partial charge in [0.05, 0.1) is 23.8 Å². The smallest absolute Gasteiger partial charge is 0.348 e. The molecule has 154 valence electrons. The molecule has 1 saturated heterocycles. The molecule has 4 rings (SSSR count). The Kier molecular flexibility index (Phi) is 5.80. The van der Waals surface area contributed by atoms with Gasteiger partial charge in [0.2, 0.25) is 5.71 Å². The summed E-state index contributed by atoms with van der Waals surface area (Å²) in [5, 5.41) is 20.0. The Hall–Kier alpha value is -2.48. The number of ether oxygens (including phenoxy) is 1. The molecular weight excluding hydrogens is 372 g/mol. The molecule has 3 aromatic rings. The molecule has 0 radical (unpaired) electrons. The van der Waals surface area contributed by atoms with Gasteiger partial charge in [-0.05, 0) is 24.5 Å². The van der Waals surface area contributed by atoms with E-state index in [1.54, 1.807) is 0 Å². The standard InChI is InChI=1S/C22H26N2O5/c1-2-3-4-5-13-6-8-14(9-7-13)17-10-15-20(23-22(27)24-21(15)29-17)18-11-16(26)19(12-25)28-18/h6-10,16,18-19,25-26H,2-5,11-12H2,1H3,(H,23,24,27). The summed E-state index contributed by atoms with van der Waals surface area (Å²) >= 11 is 0. The van der Waals surface area contributed by atoms with Gasteiger partial charge in [0.25, 0.3) is 0 Å². The highest BCUT2D eigenvalue weighted by atomic mass is 16.5. The molecule has 7 heteroatoms. The van der Waals surface area contributed by atoms with Crippen LogP contribution in [0.25, 0.3) is 22.4 Å².